The highest BCUT2D eigenvalue weighted by atomic mass is 32.2. The molecule has 1 amide bonds. The van der Waals surface area contributed by atoms with Crippen molar-refractivity contribution in [3.05, 3.63) is 47.1 Å². The molecule has 3 heterocycles. The molecule has 0 aliphatic carbocycles. The molecule has 4 rings (SSSR count). The molecule has 3 aromatic rings. The molecule has 1 unspecified atom stereocenters. The number of nitrogens with zero attached hydrogens (tertiary/aromatic N) is 4. The average Bonchev–Trinajstić information content (AvgIpc) is 3.18. The number of fused-ring (bicyclic) bond motifs is 1. The Hall–Kier alpha value is -2.12. The van der Waals surface area contributed by atoms with Gasteiger partial charge in [-0.05, 0) is 44.0 Å². The Morgan fingerprint density at radius 1 is 1.21 bits per heavy atom. The molecule has 0 spiro atoms. The molecule has 7 heteroatoms. The second-order valence-corrected chi connectivity index (χ2v) is 9.82. The summed E-state index contributed by atoms with van der Waals surface area (Å²) >= 11 is 3.26. The van der Waals surface area contributed by atoms with Gasteiger partial charge in [-0.25, -0.2) is 9.97 Å². The number of thiophene rings is 1. The molecule has 2 aromatic heterocycles. The summed E-state index contributed by atoms with van der Waals surface area (Å²) in [5, 5.41) is 1.82. The van der Waals surface area contributed by atoms with E-state index in [9.17, 15) is 4.79 Å². The Morgan fingerprint density at radius 2 is 2.00 bits per heavy atom. The monoisotopic (exact) mass is 426 g/mol. The van der Waals surface area contributed by atoms with E-state index in [4.69, 9.17) is 0 Å². The predicted octanol–water partition coefficient (Wildman–Crippen LogP) is 4.39. The van der Waals surface area contributed by atoms with Gasteiger partial charge in [0.2, 0.25) is 5.91 Å². The van der Waals surface area contributed by atoms with Crippen molar-refractivity contribution in [2.75, 3.05) is 31.1 Å². The van der Waals surface area contributed by atoms with Gasteiger partial charge < -0.3 is 9.80 Å². The quantitative estimate of drug-likeness (QED) is 0.447. The van der Waals surface area contributed by atoms with Crippen LogP contribution in [0.25, 0.3) is 10.2 Å². The smallest absolute Gasteiger partial charge is 0.235 e. The van der Waals surface area contributed by atoms with Crippen molar-refractivity contribution in [1.82, 2.24) is 14.9 Å². The first-order valence-electron chi connectivity index (χ1n) is 10.1. The summed E-state index contributed by atoms with van der Waals surface area (Å²) in [6, 6.07) is 10.7. The van der Waals surface area contributed by atoms with Crippen LogP contribution < -0.4 is 4.90 Å². The SMILES string of the molecule is CCc1cc2c(SC(C)C(=O)N3CCN(c4cccc(C)c4)CC3)ncnc2s1. The number of carbonyl (C=O) groups excluding carboxylic acids is 1. The van der Waals surface area contributed by atoms with Gasteiger partial charge in [-0.15, -0.1) is 11.3 Å². The largest absolute Gasteiger partial charge is 0.368 e. The number of hydrogen-bond acceptors (Lipinski definition) is 6. The van der Waals surface area contributed by atoms with Gasteiger partial charge in [0, 0.05) is 42.1 Å². The first-order valence-corrected chi connectivity index (χ1v) is 11.7. The first-order chi connectivity index (χ1) is 14.0. The van der Waals surface area contributed by atoms with Crippen LogP contribution in [-0.2, 0) is 11.2 Å². The molecule has 29 heavy (non-hydrogen) atoms. The van der Waals surface area contributed by atoms with Gasteiger partial charge in [-0.2, -0.15) is 0 Å². The van der Waals surface area contributed by atoms with E-state index in [1.54, 1.807) is 29.4 Å². The maximum Gasteiger partial charge on any atom is 0.235 e. The fraction of sp³-hybridized carbons (Fsp3) is 0.409. The van der Waals surface area contributed by atoms with Crippen LogP contribution in [0, 0.1) is 6.92 Å². The Morgan fingerprint density at radius 3 is 2.72 bits per heavy atom. The van der Waals surface area contributed by atoms with E-state index in [1.165, 1.54) is 16.1 Å². The van der Waals surface area contributed by atoms with Crippen molar-refractivity contribution in [2.45, 2.75) is 37.5 Å². The van der Waals surface area contributed by atoms with Crippen LogP contribution >= 0.6 is 23.1 Å². The predicted molar refractivity (Wildman–Crippen MR) is 122 cm³/mol. The number of thioether (sulfide) groups is 1. The fourth-order valence-electron chi connectivity index (χ4n) is 3.64. The molecule has 5 nitrogen and oxygen atoms in total. The maximum atomic E-state index is 13.0. The van der Waals surface area contributed by atoms with Crippen LogP contribution in [0.15, 0.2) is 41.7 Å². The van der Waals surface area contributed by atoms with Crippen LogP contribution in [0.3, 0.4) is 0 Å². The van der Waals surface area contributed by atoms with Crippen molar-refractivity contribution in [3.63, 3.8) is 0 Å². The lowest BCUT2D eigenvalue weighted by Gasteiger charge is -2.37. The van der Waals surface area contributed by atoms with Gasteiger partial charge >= 0.3 is 0 Å². The lowest BCUT2D eigenvalue weighted by atomic mass is 10.2. The van der Waals surface area contributed by atoms with E-state index < -0.39 is 0 Å². The topological polar surface area (TPSA) is 49.3 Å². The van der Waals surface area contributed by atoms with Gasteiger partial charge in [0.25, 0.3) is 0 Å². The molecule has 1 saturated heterocycles. The number of hydrogen-bond donors (Lipinski definition) is 0. The number of benzene rings is 1. The summed E-state index contributed by atoms with van der Waals surface area (Å²) in [7, 11) is 0. The molecule has 1 atom stereocenters. The zero-order valence-electron chi connectivity index (χ0n) is 17.1. The standard InChI is InChI=1S/C22H26N4OS2/c1-4-18-13-19-20(23-14-24-21(19)29-18)28-16(3)22(27)26-10-8-25(9-11-26)17-7-5-6-15(2)12-17/h5-7,12-14,16H,4,8-11H2,1-3H3. The Labute approximate surface area is 180 Å². The zero-order valence-corrected chi connectivity index (χ0v) is 18.7. The second-order valence-electron chi connectivity index (χ2n) is 7.38. The van der Waals surface area contributed by atoms with Crippen molar-refractivity contribution in [2.24, 2.45) is 0 Å². The van der Waals surface area contributed by atoms with Crippen LogP contribution in [0.2, 0.25) is 0 Å². The molecule has 1 aliphatic rings. The highest BCUT2D eigenvalue weighted by Gasteiger charge is 2.26. The molecule has 0 N–H and O–H groups in total. The minimum Gasteiger partial charge on any atom is -0.368 e. The van der Waals surface area contributed by atoms with Crippen molar-refractivity contribution in [3.8, 4) is 0 Å². The number of rotatable bonds is 5. The lowest BCUT2D eigenvalue weighted by molar-refractivity contribution is -0.130. The molecule has 1 aliphatic heterocycles. The molecular formula is C22H26N4OS2. The zero-order chi connectivity index (χ0) is 20.4. The number of carbonyl (C=O) groups is 1. The van der Waals surface area contributed by atoms with Crippen molar-refractivity contribution < 1.29 is 4.79 Å². The Kier molecular flexibility index (Phi) is 6.06. The maximum absolute atomic E-state index is 13.0. The van der Waals surface area contributed by atoms with Gasteiger partial charge in [0.15, 0.2) is 0 Å². The summed E-state index contributed by atoms with van der Waals surface area (Å²) < 4.78 is 0. The minimum atomic E-state index is -0.163. The van der Waals surface area contributed by atoms with E-state index >= 15 is 0 Å². The van der Waals surface area contributed by atoms with E-state index in [2.05, 4.69) is 59.0 Å². The third-order valence-corrected chi connectivity index (χ3v) is 7.58. The van der Waals surface area contributed by atoms with Crippen molar-refractivity contribution in [1.29, 1.82) is 0 Å². The number of amides is 1. The molecule has 0 bridgehead atoms. The van der Waals surface area contributed by atoms with Crippen LogP contribution in [0.4, 0.5) is 5.69 Å². The number of piperazine rings is 1. The van der Waals surface area contributed by atoms with Crippen LogP contribution in [-0.4, -0.2) is 52.2 Å². The summed E-state index contributed by atoms with van der Waals surface area (Å²) in [6.45, 7) is 9.51. The minimum absolute atomic E-state index is 0.163. The van der Waals surface area contributed by atoms with Gasteiger partial charge in [-0.1, -0.05) is 30.8 Å². The summed E-state index contributed by atoms with van der Waals surface area (Å²) in [5.41, 5.74) is 2.51. The first kappa shape index (κ1) is 20.2. The molecular weight excluding hydrogens is 400 g/mol. The fourth-order valence-corrected chi connectivity index (χ4v) is 5.61. The Balaban J connectivity index is 1.40. The van der Waals surface area contributed by atoms with Crippen LogP contribution in [0.1, 0.15) is 24.3 Å². The second kappa shape index (κ2) is 8.71. The highest BCUT2D eigenvalue weighted by molar-refractivity contribution is 8.00. The molecule has 0 saturated carbocycles. The number of aromatic nitrogens is 2. The van der Waals surface area contributed by atoms with E-state index in [1.807, 2.05) is 11.8 Å². The third-order valence-electron chi connectivity index (χ3n) is 5.29. The van der Waals surface area contributed by atoms with Gasteiger partial charge in [-0.3, -0.25) is 4.79 Å². The normalized spacial score (nSPS) is 15.7. The van der Waals surface area contributed by atoms with E-state index in [0.717, 1.165) is 47.8 Å². The van der Waals surface area contributed by atoms with Gasteiger partial charge in [0.05, 0.1) is 5.25 Å². The van der Waals surface area contributed by atoms with Gasteiger partial charge in [0.1, 0.15) is 16.2 Å². The molecule has 1 fully saturated rings. The number of aryl methyl sites for hydroxylation is 2. The Bertz CT molecular complexity index is 1010. The highest BCUT2D eigenvalue weighted by Crippen LogP contribution is 2.33. The summed E-state index contributed by atoms with van der Waals surface area (Å²) in [5.74, 6) is 0.191. The lowest BCUT2D eigenvalue weighted by Crippen LogP contribution is -2.50. The summed E-state index contributed by atoms with van der Waals surface area (Å²) in [4.78, 5) is 28.6. The molecule has 1 aromatic carbocycles. The van der Waals surface area contributed by atoms with Crippen molar-refractivity contribution >= 4 is 44.9 Å². The molecule has 0 radical (unpaired) electrons. The molecule has 152 valence electrons. The average molecular weight is 427 g/mol. The van der Waals surface area contributed by atoms with E-state index in [-0.39, 0.29) is 11.2 Å². The number of anilines is 1. The van der Waals surface area contributed by atoms with E-state index in [0.29, 0.717) is 0 Å². The summed E-state index contributed by atoms with van der Waals surface area (Å²) in [6.07, 6.45) is 2.60. The third kappa shape index (κ3) is 4.41. The van der Waals surface area contributed by atoms with Crippen LogP contribution in [0.5, 0.6) is 0 Å².